The van der Waals surface area contributed by atoms with Crippen LogP contribution < -0.4 is 20.3 Å². The fourth-order valence-corrected chi connectivity index (χ4v) is 3.11. The van der Waals surface area contributed by atoms with Crippen LogP contribution in [-0.4, -0.2) is 42.6 Å². The highest BCUT2D eigenvalue weighted by Gasteiger charge is 2.30. The van der Waals surface area contributed by atoms with Gasteiger partial charge >= 0.3 is 6.36 Å². The average molecular weight is 431 g/mol. The highest BCUT2D eigenvalue weighted by molar-refractivity contribution is 5.64. The second-order valence-corrected chi connectivity index (χ2v) is 6.76. The molecule has 1 aromatic heterocycles. The molecule has 1 aliphatic rings. The van der Waals surface area contributed by atoms with Crippen molar-refractivity contribution >= 4 is 28.7 Å². The summed E-state index contributed by atoms with van der Waals surface area (Å²) in [5.74, 6) is 0.782. The molecule has 1 aliphatic heterocycles. The quantitative estimate of drug-likeness (QED) is 0.586. The Morgan fingerprint density at radius 1 is 0.839 bits per heavy atom. The molecule has 0 atom stereocenters. The number of aromatic nitrogens is 2. The standard InChI is InChI=1S/C21H20F3N5O2/c22-21(23,24)31-18-7-3-16(4-8-18)28-20-13-19(25-14-26-20)27-15-1-5-17(6-2-15)29-9-11-30-12-10-29/h1-8,13-14H,9-12H2,(H2,25,26,27,28). The topological polar surface area (TPSA) is 71.5 Å². The molecule has 2 N–H and O–H groups in total. The molecular weight excluding hydrogens is 411 g/mol. The van der Waals surface area contributed by atoms with Crippen molar-refractivity contribution < 1.29 is 22.6 Å². The number of nitrogens with one attached hydrogen (secondary N) is 2. The van der Waals surface area contributed by atoms with E-state index < -0.39 is 6.36 Å². The van der Waals surface area contributed by atoms with Crippen molar-refractivity contribution in [1.29, 1.82) is 0 Å². The smallest absolute Gasteiger partial charge is 0.406 e. The normalized spacial score (nSPS) is 14.2. The van der Waals surface area contributed by atoms with Crippen LogP contribution in [-0.2, 0) is 4.74 Å². The molecule has 4 rings (SSSR count). The summed E-state index contributed by atoms with van der Waals surface area (Å²) in [6.07, 6.45) is -3.32. The van der Waals surface area contributed by atoms with E-state index >= 15 is 0 Å². The number of rotatable bonds is 6. The number of hydrogen-bond acceptors (Lipinski definition) is 7. The Morgan fingerprint density at radius 3 is 1.94 bits per heavy atom. The first-order chi connectivity index (χ1) is 14.9. The molecule has 1 saturated heterocycles. The number of hydrogen-bond donors (Lipinski definition) is 2. The Bertz CT molecular complexity index is 991. The number of nitrogens with zero attached hydrogens (tertiary/aromatic N) is 3. The van der Waals surface area contributed by atoms with E-state index in [4.69, 9.17) is 4.74 Å². The number of ether oxygens (including phenoxy) is 2. The molecule has 162 valence electrons. The van der Waals surface area contributed by atoms with Crippen LogP contribution in [0, 0.1) is 0 Å². The lowest BCUT2D eigenvalue weighted by molar-refractivity contribution is -0.274. The summed E-state index contributed by atoms with van der Waals surface area (Å²) >= 11 is 0. The summed E-state index contributed by atoms with van der Waals surface area (Å²) < 4.78 is 46.0. The lowest BCUT2D eigenvalue weighted by Gasteiger charge is -2.28. The van der Waals surface area contributed by atoms with Gasteiger partial charge in [0.25, 0.3) is 0 Å². The zero-order valence-electron chi connectivity index (χ0n) is 16.4. The van der Waals surface area contributed by atoms with Gasteiger partial charge in [0.2, 0.25) is 0 Å². The summed E-state index contributed by atoms with van der Waals surface area (Å²) in [5.41, 5.74) is 2.57. The van der Waals surface area contributed by atoms with Gasteiger partial charge in [-0.25, -0.2) is 9.97 Å². The molecule has 0 bridgehead atoms. The van der Waals surface area contributed by atoms with Gasteiger partial charge in [0.05, 0.1) is 13.2 Å². The number of alkyl halides is 3. The van der Waals surface area contributed by atoms with Crippen LogP contribution in [0.15, 0.2) is 60.9 Å². The van der Waals surface area contributed by atoms with Crippen LogP contribution >= 0.6 is 0 Å². The van der Waals surface area contributed by atoms with Crippen molar-refractivity contribution in [3.63, 3.8) is 0 Å². The molecular formula is C21H20F3N5O2. The predicted molar refractivity (Wildman–Crippen MR) is 111 cm³/mol. The first-order valence-corrected chi connectivity index (χ1v) is 9.59. The molecule has 2 heterocycles. The summed E-state index contributed by atoms with van der Waals surface area (Å²) in [4.78, 5) is 10.6. The highest BCUT2D eigenvalue weighted by atomic mass is 19.4. The maximum Gasteiger partial charge on any atom is 0.573 e. The third-order valence-corrected chi connectivity index (χ3v) is 4.54. The average Bonchev–Trinajstić information content (AvgIpc) is 2.76. The minimum Gasteiger partial charge on any atom is -0.406 e. The number of anilines is 5. The fraction of sp³-hybridized carbons (Fsp3) is 0.238. The lowest BCUT2D eigenvalue weighted by Crippen LogP contribution is -2.36. The molecule has 7 nitrogen and oxygen atoms in total. The predicted octanol–water partition coefficient (Wildman–Crippen LogP) is 4.70. The monoisotopic (exact) mass is 431 g/mol. The minimum atomic E-state index is -4.72. The SMILES string of the molecule is FC(F)(F)Oc1ccc(Nc2cc(Nc3ccc(N4CCOCC4)cc3)ncn2)cc1. The third-order valence-electron chi connectivity index (χ3n) is 4.54. The Hall–Kier alpha value is -3.53. The molecule has 0 spiro atoms. The maximum absolute atomic E-state index is 12.3. The van der Waals surface area contributed by atoms with Crippen molar-refractivity contribution in [2.45, 2.75) is 6.36 Å². The molecule has 0 saturated carbocycles. The van der Waals surface area contributed by atoms with Crippen molar-refractivity contribution in [1.82, 2.24) is 9.97 Å². The molecule has 0 amide bonds. The molecule has 10 heteroatoms. The molecule has 0 unspecified atom stereocenters. The Labute approximate surface area is 176 Å². The molecule has 2 aromatic carbocycles. The molecule has 31 heavy (non-hydrogen) atoms. The second-order valence-electron chi connectivity index (χ2n) is 6.76. The van der Waals surface area contributed by atoms with E-state index in [1.165, 1.54) is 30.6 Å². The van der Waals surface area contributed by atoms with E-state index in [0.717, 1.165) is 37.7 Å². The van der Waals surface area contributed by atoms with Gasteiger partial charge in [0.15, 0.2) is 0 Å². The van der Waals surface area contributed by atoms with Gasteiger partial charge in [0, 0.05) is 36.2 Å². The van der Waals surface area contributed by atoms with Gasteiger partial charge in [-0.3, -0.25) is 0 Å². The van der Waals surface area contributed by atoms with Gasteiger partial charge in [-0.05, 0) is 48.5 Å². The minimum absolute atomic E-state index is 0.288. The van der Waals surface area contributed by atoms with E-state index in [1.807, 2.05) is 24.3 Å². The molecule has 0 aliphatic carbocycles. The van der Waals surface area contributed by atoms with Gasteiger partial charge < -0.3 is 25.0 Å². The maximum atomic E-state index is 12.3. The van der Waals surface area contributed by atoms with Crippen molar-refractivity contribution in [2.75, 3.05) is 41.8 Å². The molecule has 0 radical (unpaired) electrons. The van der Waals surface area contributed by atoms with Crippen LogP contribution in [0.1, 0.15) is 0 Å². The second kappa shape index (κ2) is 9.09. The Kier molecular flexibility index (Phi) is 6.08. The third kappa shape index (κ3) is 5.98. The van der Waals surface area contributed by atoms with Crippen LogP contribution in [0.4, 0.5) is 41.9 Å². The zero-order chi connectivity index (χ0) is 21.7. The van der Waals surface area contributed by atoms with Gasteiger partial charge in [-0.15, -0.1) is 13.2 Å². The van der Waals surface area contributed by atoms with Crippen LogP contribution in [0.5, 0.6) is 5.75 Å². The lowest BCUT2D eigenvalue weighted by atomic mass is 10.2. The van der Waals surface area contributed by atoms with E-state index in [1.54, 1.807) is 6.07 Å². The van der Waals surface area contributed by atoms with E-state index in [9.17, 15) is 13.2 Å². The Morgan fingerprint density at radius 2 is 1.39 bits per heavy atom. The van der Waals surface area contributed by atoms with Gasteiger partial charge in [-0.1, -0.05) is 0 Å². The highest BCUT2D eigenvalue weighted by Crippen LogP contribution is 2.26. The van der Waals surface area contributed by atoms with Crippen molar-refractivity contribution in [2.24, 2.45) is 0 Å². The van der Waals surface area contributed by atoms with Crippen LogP contribution in [0.2, 0.25) is 0 Å². The van der Waals surface area contributed by atoms with E-state index in [2.05, 4.69) is 30.2 Å². The van der Waals surface area contributed by atoms with Crippen molar-refractivity contribution in [3.8, 4) is 5.75 Å². The van der Waals surface area contributed by atoms with Gasteiger partial charge in [-0.2, -0.15) is 0 Å². The van der Waals surface area contributed by atoms with Crippen LogP contribution in [0.25, 0.3) is 0 Å². The van der Waals surface area contributed by atoms with Gasteiger partial charge in [0.1, 0.15) is 23.7 Å². The first-order valence-electron chi connectivity index (χ1n) is 9.59. The first kappa shape index (κ1) is 20.7. The number of benzene rings is 2. The zero-order valence-corrected chi connectivity index (χ0v) is 16.4. The summed E-state index contributed by atoms with van der Waals surface area (Å²) in [6, 6.07) is 15.1. The number of halogens is 3. The summed E-state index contributed by atoms with van der Waals surface area (Å²) in [6.45, 7) is 3.21. The Balaban J connectivity index is 1.38. The molecule has 1 fully saturated rings. The van der Waals surface area contributed by atoms with Crippen LogP contribution in [0.3, 0.4) is 0 Å². The summed E-state index contributed by atoms with van der Waals surface area (Å²) in [7, 11) is 0. The van der Waals surface area contributed by atoms with E-state index in [0.29, 0.717) is 17.3 Å². The van der Waals surface area contributed by atoms with Crippen molar-refractivity contribution in [3.05, 3.63) is 60.9 Å². The largest absolute Gasteiger partial charge is 0.573 e. The van der Waals surface area contributed by atoms with E-state index in [-0.39, 0.29) is 5.75 Å². The molecule has 3 aromatic rings. The number of morpholine rings is 1. The summed E-state index contributed by atoms with van der Waals surface area (Å²) in [5, 5.41) is 6.24. The fourth-order valence-electron chi connectivity index (χ4n) is 3.11.